The van der Waals surface area contributed by atoms with Crippen LogP contribution in [0.2, 0.25) is 0 Å². The van der Waals surface area contributed by atoms with Gasteiger partial charge in [0, 0.05) is 44.9 Å². The Hall–Kier alpha value is -6.65. The molecule has 0 radical (unpaired) electrons. The highest BCUT2D eigenvalue weighted by Crippen LogP contribution is 2.50. The van der Waals surface area contributed by atoms with E-state index in [0.717, 1.165) is 11.4 Å². The fourth-order valence-corrected chi connectivity index (χ4v) is 10.2. The van der Waals surface area contributed by atoms with Gasteiger partial charge in [-0.05, 0) is 105 Å². The van der Waals surface area contributed by atoms with Gasteiger partial charge in [0.05, 0.1) is 11.4 Å². The first kappa shape index (κ1) is 27.1. The highest BCUT2D eigenvalue weighted by Gasteiger charge is 2.48. The lowest BCUT2D eigenvalue weighted by atomic mass is 9.42. The molecule has 6 heterocycles. The first-order chi connectivity index (χ1) is 25.8. The first-order valence-electron chi connectivity index (χ1n) is 18.2. The maximum absolute atomic E-state index is 2.56. The third-order valence-corrected chi connectivity index (χ3v) is 12.1. The van der Waals surface area contributed by atoms with Crippen LogP contribution in [0.5, 0.6) is 0 Å². The van der Waals surface area contributed by atoms with E-state index in [2.05, 4.69) is 189 Å². The SMILES string of the molecule is c1ccc(N2c3cccc4c3B(c3ccc5c(c32)N(c2ccccc2)c2cccc3c2B5n2ccc5cccc-3c52)n2ccc3cccc-4c32)cc1. The van der Waals surface area contributed by atoms with Crippen LogP contribution in [0.25, 0.3) is 44.1 Å². The van der Waals surface area contributed by atoms with Gasteiger partial charge in [0.2, 0.25) is 0 Å². The summed E-state index contributed by atoms with van der Waals surface area (Å²) < 4.78 is 5.08. The van der Waals surface area contributed by atoms with E-state index in [1.807, 2.05) is 0 Å². The van der Waals surface area contributed by atoms with Crippen molar-refractivity contribution in [2.75, 3.05) is 9.80 Å². The molecule has 2 aromatic heterocycles. The maximum Gasteiger partial charge on any atom is 0.332 e. The highest BCUT2D eigenvalue weighted by molar-refractivity contribution is 6.92. The second-order valence-corrected chi connectivity index (χ2v) is 14.5. The Kier molecular flexibility index (Phi) is 4.99. The van der Waals surface area contributed by atoms with Crippen molar-refractivity contribution >= 4 is 91.5 Å². The van der Waals surface area contributed by atoms with Crippen LogP contribution in [0.15, 0.2) is 170 Å². The number of hydrogen-bond acceptors (Lipinski definition) is 2. The topological polar surface area (TPSA) is 16.3 Å². The van der Waals surface area contributed by atoms with Crippen LogP contribution < -0.4 is 31.7 Å². The molecule has 4 aliphatic rings. The van der Waals surface area contributed by atoms with Crippen molar-refractivity contribution in [3.63, 3.8) is 0 Å². The van der Waals surface area contributed by atoms with Gasteiger partial charge in [0.15, 0.2) is 0 Å². The van der Waals surface area contributed by atoms with Gasteiger partial charge in [-0.1, -0.05) is 109 Å². The Morgan fingerprint density at radius 2 is 0.769 bits per heavy atom. The molecule has 13 rings (SSSR count). The molecule has 6 heteroatoms. The first-order valence-corrected chi connectivity index (χ1v) is 18.2. The van der Waals surface area contributed by atoms with E-state index in [1.54, 1.807) is 0 Å². The average molecular weight is 658 g/mol. The third-order valence-electron chi connectivity index (χ3n) is 12.1. The standard InChI is InChI=1S/C46H28B2N4/c1-3-13-31(14-4-1)51-39-21-9-17-33-35-19-7-11-29-25-27-49(43(29)35)47(41(33)39)37-23-24-38-46(45(37)51)52(32-15-5-2-6-16-32)40-22-10-18-34-36-20-8-12-30-26-28-50(44(30)36)48(38)42(34)40/h1-28H. The molecule has 0 fully saturated rings. The third kappa shape index (κ3) is 3.18. The van der Waals surface area contributed by atoms with Crippen molar-refractivity contribution in [1.82, 2.24) is 8.96 Å². The molecule has 0 spiro atoms. The number of rotatable bonds is 2. The van der Waals surface area contributed by atoms with Crippen molar-refractivity contribution in [3.05, 3.63) is 170 Å². The van der Waals surface area contributed by atoms with Crippen LogP contribution in [0.4, 0.5) is 34.1 Å². The van der Waals surface area contributed by atoms with Crippen LogP contribution in [0, 0.1) is 0 Å². The molecule has 0 saturated heterocycles. The Morgan fingerprint density at radius 1 is 0.346 bits per heavy atom. The Balaban J connectivity index is 1.21. The van der Waals surface area contributed by atoms with Gasteiger partial charge in [-0.2, -0.15) is 0 Å². The molecule has 0 atom stereocenters. The summed E-state index contributed by atoms with van der Waals surface area (Å²) in [5.74, 6) is 0. The lowest BCUT2D eigenvalue weighted by molar-refractivity contribution is 1.19. The summed E-state index contributed by atoms with van der Waals surface area (Å²) in [4.78, 5) is 5.12. The minimum Gasteiger partial charge on any atom is -0.382 e. The summed E-state index contributed by atoms with van der Waals surface area (Å²) in [6.45, 7) is 0.0455. The van der Waals surface area contributed by atoms with Crippen molar-refractivity contribution in [2.45, 2.75) is 0 Å². The minimum atomic E-state index is 0.0228. The molecule has 0 N–H and O–H groups in total. The lowest BCUT2D eigenvalue weighted by Gasteiger charge is -2.46. The van der Waals surface area contributed by atoms with Crippen LogP contribution in [0.3, 0.4) is 0 Å². The zero-order valence-corrected chi connectivity index (χ0v) is 28.1. The molecular formula is C46H28B2N4. The van der Waals surface area contributed by atoms with E-state index in [-0.39, 0.29) is 13.7 Å². The van der Waals surface area contributed by atoms with E-state index >= 15 is 0 Å². The molecule has 52 heavy (non-hydrogen) atoms. The summed E-state index contributed by atoms with van der Waals surface area (Å²) in [5.41, 5.74) is 20.4. The van der Waals surface area contributed by atoms with Crippen molar-refractivity contribution < 1.29 is 0 Å². The second-order valence-electron chi connectivity index (χ2n) is 14.5. The average Bonchev–Trinajstić information content (AvgIpc) is 3.84. The van der Waals surface area contributed by atoms with Crippen LogP contribution in [-0.2, 0) is 0 Å². The predicted molar refractivity (Wildman–Crippen MR) is 219 cm³/mol. The summed E-state index contributed by atoms with van der Waals surface area (Å²) in [7, 11) is 0. The zero-order chi connectivity index (χ0) is 33.7. The lowest BCUT2D eigenvalue weighted by Crippen LogP contribution is -2.60. The van der Waals surface area contributed by atoms with Crippen molar-refractivity contribution in [3.8, 4) is 22.3 Å². The van der Waals surface area contributed by atoms with Crippen LogP contribution in [-0.4, -0.2) is 22.7 Å². The van der Waals surface area contributed by atoms with Crippen LogP contribution in [0.1, 0.15) is 0 Å². The summed E-state index contributed by atoms with van der Waals surface area (Å²) in [6.07, 6.45) is 4.62. The molecule has 0 amide bonds. The van der Waals surface area contributed by atoms with Gasteiger partial charge in [-0.15, -0.1) is 0 Å². The summed E-state index contributed by atoms with van der Waals surface area (Å²) >= 11 is 0. The summed E-state index contributed by atoms with van der Waals surface area (Å²) in [6, 6.07) is 58.8. The molecule has 0 bridgehead atoms. The smallest absolute Gasteiger partial charge is 0.332 e. The Bertz CT molecular complexity index is 2790. The van der Waals surface area contributed by atoms with E-state index in [9.17, 15) is 0 Å². The number of aromatic nitrogens is 2. The molecule has 9 aromatic rings. The zero-order valence-electron chi connectivity index (χ0n) is 28.1. The normalized spacial score (nSPS) is 14.0. The summed E-state index contributed by atoms with van der Waals surface area (Å²) in [5, 5.41) is 2.56. The van der Waals surface area contributed by atoms with E-state index in [1.165, 1.54) is 88.7 Å². The van der Waals surface area contributed by atoms with Gasteiger partial charge in [-0.25, -0.2) is 0 Å². The Labute approximate surface area is 301 Å². The molecule has 0 saturated carbocycles. The van der Waals surface area contributed by atoms with Crippen molar-refractivity contribution in [2.24, 2.45) is 0 Å². The molecule has 0 unspecified atom stereocenters. The number of fused-ring (bicyclic) bond motifs is 9. The van der Waals surface area contributed by atoms with Gasteiger partial charge in [0.25, 0.3) is 0 Å². The number of hydrogen-bond donors (Lipinski definition) is 0. The second kappa shape index (κ2) is 9.56. The van der Waals surface area contributed by atoms with Gasteiger partial charge in [-0.3, -0.25) is 0 Å². The Morgan fingerprint density at radius 3 is 1.23 bits per heavy atom. The molecular weight excluding hydrogens is 630 g/mol. The quantitative estimate of drug-likeness (QED) is 0.174. The molecule has 4 aliphatic heterocycles. The largest absolute Gasteiger partial charge is 0.382 e. The van der Waals surface area contributed by atoms with Crippen LogP contribution >= 0.6 is 0 Å². The fourth-order valence-electron chi connectivity index (χ4n) is 10.2. The molecule has 238 valence electrons. The maximum atomic E-state index is 2.56. The van der Waals surface area contributed by atoms with E-state index in [4.69, 9.17) is 0 Å². The van der Waals surface area contributed by atoms with Gasteiger partial charge < -0.3 is 18.8 Å². The van der Waals surface area contributed by atoms with Gasteiger partial charge in [0.1, 0.15) is 0 Å². The van der Waals surface area contributed by atoms with E-state index < -0.39 is 0 Å². The van der Waals surface area contributed by atoms with Gasteiger partial charge >= 0.3 is 13.7 Å². The van der Waals surface area contributed by atoms with E-state index in [0.29, 0.717) is 0 Å². The number of nitrogens with zero attached hydrogens (tertiary/aromatic N) is 4. The molecule has 0 aliphatic carbocycles. The highest BCUT2D eigenvalue weighted by atomic mass is 15.2. The predicted octanol–water partition coefficient (Wildman–Crippen LogP) is 8.43. The fraction of sp³-hybridized carbons (Fsp3) is 0. The number of benzene rings is 7. The molecule has 4 nitrogen and oxygen atoms in total. The minimum absolute atomic E-state index is 0.0228. The van der Waals surface area contributed by atoms with Crippen molar-refractivity contribution in [1.29, 1.82) is 0 Å². The number of para-hydroxylation sites is 4. The monoisotopic (exact) mass is 658 g/mol. The molecule has 7 aromatic carbocycles. The number of anilines is 6.